The van der Waals surface area contributed by atoms with Gasteiger partial charge in [0.05, 0.1) is 6.61 Å². The summed E-state index contributed by atoms with van der Waals surface area (Å²) in [5.74, 6) is 0. The number of halogens is 1. The summed E-state index contributed by atoms with van der Waals surface area (Å²) in [4.78, 5) is 0. The third-order valence-corrected chi connectivity index (χ3v) is 3.53. The predicted molar refractivity (Wildman–Crippen MR) is 79.1 cm³/mol. The van der Waals surface area contributed by atoms with Gasteiger partial charge < -0.3 is 10.4 Å². The minimum Gasteiger partial charge on any atom is -0.392 e. The standard InChI is InChI=1S/C16H18ClNO/c1-12(15-4-2-3-5-16(15)17)18-10-13-6-8-14(11-19)9-7-13/h2-9,12,18-19H,10-11H2,1H3. The zero-order valence-corrected chi connectivity index (χ0v) is 11.7. The molecule has 3 heteroatoms. The monoisotopic (exact) mass is 275 g/mol. The van der Waals surface area contributed by atoms with E-state index in [1.807, 2.05) is 48.5 Å². The molecule has 1 unspecified atom stereocenters. The predicted octanol–water partition coefficient (Wildman–Crippen LogP) is 3.68. The second kappa shape index (κ2) is 6.71. The number of rotatable bonds is 5. The topological polar surface area (TPSA) is 32.3 Å². The van der Waals surface area contributed by atoms with E-state index in [0.717, 1.165) is 22.7 Å². The summed E-state index contributed by atoms with van der Waals surface area (Å²) in [5, 5.41) is 13.2. The molecule has 2 aromatic rings. The summed E-state index contributed by atoms with van der Waals surface area (Å²) in [6.07, 6.45) is 0. The van der Waals surface area contributed by atoms with Crippen molar-refractivity contribution in [2.24, 2.45) is 0 Å². The van der Waals surface area contributed by atoms with Crippen LogP contribution in [-0.2, 0) is 13.2 Å². The van der Waals surface area contributed by atoms with Crippen molar-refractivity contribution in [1.29, 1.82) is 0 Å². The Kier molecular flexibility index (Phi) is 4.97. The van der Waals surface area contributed by atoms with Gasteiger partial charge in [0.25, 0.3) is 0 Å². The summed E-state index contributed by atoms with van der Waals surface area (Å²) in [5.41, 5.74) is 3.23. The largest absolute Gasteiger partial charge is 0.392 e. The van der Waals surface area contributed by atoms with E-state index in [1.165, 1.54) is 5.56 Å². The Bertz CT molecular complexity index is 525. The van der Waals surface area contributed by atoms with Crippen LogP contribution in [0.4, 0.5) is 0 Å². The minimum atomic E-state index is 0.0870. The molecule has 0 aliphatic rings. The molecule has 2 N–H and O–H groups in total. The van der Waals surface area contributed by atoms with Crippen molar-refractivity contribution >= 4 is 11.6 Å². The Labute approximate surface area is 119 Å². The lowest BCUT2D eigenvalue weighted by molar-refractivity contribution is 0.282. The molecule has 100 valence electrons. The number of nitrogens with one attached hydrogen (secondary N) is 1. The second-order valence-corrected chi connectivity index (χ2v) is 5.01. The van der Waals surface area contributed by atoms with Crippen LogP contribution in [0.15, 0.2) is 48.5 Å². The van der Waals surface area contributed by atoms with Gasteiger partial charge in [0.15, 0.2) is 0 Å². The average molecular weight is 276 g/mol. The molecule has 19 heavy (non-hydrogen) atoms. The first-order valence-corrected chi connectivity index (χ1v) is 6.75. The van der Waals surface area contributed by atoms with E-state index >= 15 is 0 Å². The summed E-state index contributed by atoms with van der Waals surface area (Å²) in [6.45, 7) is 2.96. The van der Waals surface area contributed by atoms with E-state index in [0.29, 0.717) is 0 Å². The SMILES string of the molecule is CC(NCc1ccc(CO)cc1)c1ccccc1Cl. The lowest BCUT2D eigenvalue weighted by atomic mass is 10.1. The van der Waals surface area contributed by atoms with Crippen LogP contribution < -0.4 is 5.32 Å². The molecule has 1 atom stereocenters. The Morgan fingerprint density at radius 2 is 1.68 bits per heavy atom. The van der Waals surface area contributed by atoms with Crippen LogP contribution >= 0.6 is 11.6 Å². The molecule has 0 spiro atoms. The van der Waals surface area contributed by atoms with Crippen LogP contribution in [0.3, 0.4) is 0 Å². The molecule has 2 aromatic carbocycles. The van der Waals surface area contributed by atoms with Gasteiger partial charge in [0, 0.05) is 17.6 Å². The number of hydrogen-bond donors (Lipinski definition) is 2. The third kappa shape index (κ3) is 3.80. The highest BCUT2D eigenvalue weighted by molar-refractivity contribution is 6.31. The Morgan fingerprint density at radius 3 is 2.32 bits per heavy atom. The van der Waals surface area contributed by atoms with E-state index in [2.05, 4.69) is 12.2 Å². The second-order valence-electron chi connectivity index (χ2n) is 4.60. The smallest absolute Gasteiger partial charge is 0.0681 e. The number of hydrogen-bond acceptors (Lipinski definition) is 2. The molecule has 0 aromatic heterocycles. The van der Waals surface area contributed by atoms with Gasteiger partial charge in [0.1, 0.15) is 0 Å². The number of benzene rings is 2. The van der Waals surface area contributed by atoms with E-state index in [-0.39, 0.29) is 12.6 Å². The highest BCUT2D eigenvalue weighted by atomic mass is 35.5. The van der Waals surface area contributed by atoms with Crippen molar-refractivity contribution in [3.63, 3.8) is 0 Å². The van der Waals surface area contributed by atoms with Crippen LogP contribution in [0, 0.1) is 0 Å². The van der Waals surface area contributed by atoms with Crippen LogP contribution in [0.1, 0.15) is 29.7 Å². The number of aliphatic hydroxyl groups is 1. The molecule has 0 heterocycles. The minimum absolute atomic E-state index is 0.0870. The Morgan fingerprint density at radius 1 is 1.05 bits per heavy atom. The first kappa shape index (κ1) is 14.1. The fourth-order valence-electron chi connectivity index (χ4n) is 1.97. The maximum absolute atomic E-state index is 9.00. The van der Waals surface area contributed by atoms with Gasteiger partial charge in [-0.2, -0.15) is 0 Å². The van der Waals surface area contributed by atoms with Crippen molar-refractivity contribution in [1.82, 2.24) is 5.32 Å². The maximum atomic E-state index is 9.00. The summed E-state index contributed by atoms with van der Waals surface area (Å²) in [6, 6.07) is 16.0. The van der Waals surface area contributed by atoms with Crippen LogP contribution in [0.25, 0.3) is 0 Å². The highest BCUT2D eigenvalue weighted by Gasteiger charge is 2.08. The molecule has 0 saturated carbocycles. The van der Waals surface area contributed by atoms with E-state index < -0.39 is 0 Å². The fraction of sp³-hybridized carbons (Fsp3) is 0.250. The zero-order chi connectivity index (χ0) is 13.7. The van der Waals surface area contributed by atoms with Gasteiger partial charge in [0.2, 0.25) is 0 Å². The van der Waals surface area contributed by atoms with Crippen molar-refractivity contribution in [3.05, 3.63) is 70.2 Å². The Hall–Kier alpha value is -1.35. The average Bonchev–Trinajstić information content (AvgIpc) is 2.46. The molecule has 0 aliphatic carbocycles. The summed E-state index contributed by atoms with van der Waals surface area (Å²) < 4.78 is 0. The van der Waals surface area contributed by atoms with Crippen molar-refractivity contribution in [2.75, 3.05) is 0 Å². The molecule has 0 bridgehead atoms. The van der Waals surface area contributed by atoms with Gasteiger partial charge in [-0.15, -0.1) is 0 Å². The zero-order valence-electron chi connectivity index (χ0n) is 10.9. The summed E-state index contributed by atoms with van der Waals surface area (Å²) >= 11 is 6.17. The van der Waals surface area contributed by atoms with E-state index in [1.54, 1.807) is 0 Å². The maximum Gasteiger partial charge on any atom is 0.0681 e. The molecule has 0 aliphatic heterocycles. The van der Waals surface area contributed by atoms with Gasteiger partial charge in [-0.05, 0) is 29.7 Å². The van der Waals surface area contributed by atoms with E-state index in [4.69, 9.17) is 16.7 Å². The van der Waals surface area contributed by atoms with Gasteiger partial charge in [-0.1, -0.05) is 54.1 Å². The normalized spacial score (nSPS) is 12.4. The van der Waals surface area contributed by atoms with Crippen LogP contribution in [0.5, 0.6) is 0 Å². The van der Waals surface area contributed by atoms with Gasteiger partial charge >= 0.3 is 0 Å². The summed E-state index contributed by atoms with van der Waals surface area (Å²) in [7, 11) is 0. The van der Waals surface area contributed by atoms with Crippen LogP contribution in [0.2, 0.25) is 5.02 Å². The molecular weight excluding hydrogens is 258 g/mol. The first-order chi connectivity index (χ1) is 9.20. The van der Waals surface area contributed by atoms with Crippen molar-refractivity contribution in [3.8, 4) is 0 Å². The molecule has 2 rings (SSSR count). The molecule has 0 saturated heterocycles. The first-order valence-electron chi connectivity index (χ1n) is 6.37. The molecule has 0 fully saturated rings. The van der Waals surface area contributed by atoms with Crippen LogP contribution in [-0.4, -0.2) is 5.11 Å². The molecular formula is C16H18ClNO. The quantitative estimate of drug-likeness (QED) is 0.872. The lowest BCUT2D eigenvalue weighted by Gasteiger charge is -2.15. The van der Waals surface area contributed by atoms with Crippen molar-refractivity contribution in [2.45, 2.75) is 26.1 Å². The number of aliphatic hydroxyl groups excluding tert-OH is 1. The van der Waals surface area contributed by atoms with Gasteiger partial charge in [-0.3, -0.25) is 0 Å². The lowest BCUT2D eigenvalue weighted by Crippen LogP contribution is -2.18. The third-order valence-electron chi connectivity index (χ3n) is 3.19. The Balaban J connectivity index is 1.96. The molecule has 0 radical (unpaired) electrons. The molecule has 2 nitrogen and oxygen atoms in total. The van der Waals surface area contributed by atoms with Gasteiger partial charge in [-0.25, -0.2) is 0 Å². The van der Waals surface area contributed by atoms with Crippen molar-refractivity contribution < 1.29 is 5.11 Å². The fourth-order valence-corrected chi connectivity index (χ4v) is 2.27. The highest BCUT2D eigenvalue weighted by Crippen LogP contribution is 2.22. The van der Waals surface area contributed by atoms with E-state index in [9.17, 15) is 0 Å². The molecule has 0 amide bonds.